The summed E-state index contributed by atoms with van der Waals surface area (Å²) in [6, 6.07) is 8.90. The number of rotatable bonds is 14. The second-order valence-electron chi connectivity index (χ2n) is 9.23. The standard InChI is InChI=1S/C26H42N2O4/c1-4-28(20-26(30-2)31-3)25(29)13-16-32-15-12-22-8-5-7-21(17-22)11-14-27-18-23-9-6-10-24(23)19-27/h5,7-8,17,23-24,26H,4,6,9-16,18-20H2,1-3H3/t23-,24+. The first-order valence-corrected chi connectivity index (χ1v) is 12.3. The summed E-state index contributed by atoms with van der Waals surface area (Å²) >= 11 is 0. The molecule has 2 aliphatic rings. The molecule has 1 amide bonds. The van der Waals surface area contributed by atoms with Crippen molar-refractivity contribution < 1.29 is 19.0 Å². The minimum absolute atomic E-state index is 0.0691. The molecule has 2 atom stereocenters. The minimum Gasteiger partial charge on any atom is -0.381 e. The second kappa shape index (κ2) is 13.3. The van der Waals surface area contributed by atoms with E-state index in [1.807, 2.05) is 6.92 Å². The van der Waals surface area contributed by atoms with Crippen LogP contribution in [-0.4, -0.2) is 82.2 Å². The van der Waals surface area contributed by atoms with Gasteiger partial charge in [0.15, 0.2) is 6.29 Å². The lowest BCUT2D eigenvalue weighted by molar-refractivity contribution is -0.145. The highest BCUT2D eigenvalue weighted by atomic mass is 16.7. The Balaban J connectivity index is 1.31. The fraction of sp³-hybridized carbons (Fsp3) is 0.731. The zero-order valence-corrected chi connectivity index (χ0v) is 20.3. The van der Waals surface area contributed by atoms with Gasteiger partial charge >= 0.3 is 0 Å². The third-order valence-electron chi connectivity index (χ3n) is 7.14. The predicted octanol–water partition coefficient (Wildman–Crippen LogP) is 3.38. The van der Waals surface area contributed by atoms with E-state index in [2.05, 4.69) is 29.2 Å². The van der Waals surface area contributed by atoms with Crippen LogP contribution in [0.4, 0.5) is 0 Å². The Hall–Kier alpha value is -1.47. The fourth-order valence-corrected chi connectivity index (χ4v) is 5.18. The van der Waals surface area contributed by atoms with Crippen molar-refractivity contribution in [1.29, 1.82) is 0 Å². The molecule has 0 aromatic heterocycles. The molecule has 1 saturated heterocycles. The van der Waals surface area contributed by atoms with Crippen molar-refractivity contribution in [2.24, 2.45) is 11.8 Å². The van der Waals surface area contributed by atoms with E-state index < -0.39 is 6.29 Å². The first-order chi connectivity index (χ1) is 15.6. The highest BCUT2D eigenvalue weighted by Crippen LogP contribution is 2.37. The Morgan fingerprint density at radius 2 is 1.78 bits per heavy atom. The number of likely N-dealkylation sites (tertiary alicyclic amines) is 1. The summed E-state index contributed by atoms with van der Waals surface area (Å²) in [5.74, 6) is 2.01. The zero-order valence-electron chi connectivity index (χ0n) is 20.3. The number of amides is 1. The van der Waals surface area contributed by atoms with Crippen molar-refractivity contribution in [1.82, 2.24) is 9.80 Å². The van der Waals surface area contributed by atoms with Crippen molar-refractivity contribution >= 4 is 5.91 Å². The third kappa shape index (κ3) is 7.55. The van der Waals surface area contributed by atoms with Gasteiger partial charge in [0.1, 0.15) is 0 Å². The van der Waals surface area contributed by atoms with Crippen LogP contribution in [0.3, 0.4) is 0 Å². The van der Waals surface area contributed by atoms with Crippen LogP contribution < -0.4 is 0 Å². The molecule has 1 heterocycles. The van der Waals surface area contributed by atoms with Crippen molar-refractivity contribution in [3.63, 3.8) is 0 Å². The van der Waals surface area contributed by atoms with Gasteiger partial charge in [-0.05, 0) is 55.6 Å². The van der Waals surface area contributed by atoms with Gasteiger partial charge in [-0.15, -0.1) is 0 Å². The Bertz CT molecular complexity index is 682. The molecule has 0 N–H and O–H groups in total. The molecule has 6 heteroatoms. The molecule has 1 aromatic carbocycles. The van der Waals surface area contributed by atoms with Crippen molar-refractivity contribution in [2.75, 3.05) is 60.2 Å². The number of hydrogen-bond donors (Lipinski definition) is 0. The number of carbonyl (C=O) groups is 1. The van der Waals surface area contributed by atoms with Crippen LogP contribution in [-0.2, 0) is 31.8 Å². The summed E-state index contributed by atoms with van der Waals surface area (Å²) in [6.45, 7) is 7.91. The van der Waals surface area contributed by atoms with E-state index in [1.54, 1.807) is 19.1 Å². The quantitative estimate of drug-likeness (QED) is 0.324. The molecule has 0 spiro atoms. The number of fused-ring (bicyclic) bond motifs is 1. The van der Waals surface area contributed by atoms with Gasteiger partial charge in [-0.25, -0.2) is 0 Å². The zero-order chi connectivity index (χ0) is 22.8. The first kappa shape index (κ1) is 25.2. The number of likely N-dealkylation sites (N-methyl/N-ethyl adjacent to an activating group) is 1. The van der Waals surface area contributed by atoms with E-state index in [-0.39, 0.29) is 5.91 Å². The van der Waals surface area contributed by atoms with Crippen LogP contribution in [0.2, 0.25) is 0 Å². The molecule has 180 valence electrons. The lowest BCUT2D eigenvalue weighted by Gasteiger charge is -2.25. The summed E-state index contributed by atoms with van der Waals surface area (Å²) in [5.41, 5.74) is 2.73. The van der Waals surface area contributed by atoms with Crippen LogP contribution in [0, 0.1) is 11.8 Å². The van der Waals surface area contributed by atoms with Gasteiger partial charge in [-0.2, -0.15) is 0 Å². The Kier molecular flexibility index (Phi) is 10.4. The van der Waals surface area contributed by atoms with E-state index in [0.717, 1.165) is 24.7 Å². The monoisotopic (exact) mass is 446 g/mol. The van der Waals surface area contributed by atoms with Gasteiger partial charge in [0.05, 0.1) is 26.2 Å². The van der Waals surface area contributed by atoms with Crippen molar-refractivity contribution in [3.05, 3.63) is 35.4 Å². The molecule has 32 heavy (non-hydrogen) atoms. The maximum absolute atomic E-state index is 12.4. The molecule has 1 aromatic rings. The maximum atomic E-state index is 12.4. The molecular formula is C26H42N2O4. The molecule has 0 unspecified atom stereocenters. The Morgan fingerprint density at radius 1 is 1.09 bits per heavy atom. The van der Waals surface area contributed by atoms with E-state index in [4.69, 9.17) is 14.2 Å². The average Bonchev–Trinajstić information content (AvgIpc) is 3.40. The second-order valence-corrected chi connectivity index (χ2v) is 9.23. The van der Waals surface area contributed by atoms with Crippen LogP contribution in [0.25, 0.3) is 0 Å². The van der Waals surface area contributed by atoms with E-state index in [1.165, 1.54) is 50.0 Å². The molecule has 1 aliphatic carbocycles. The number of hydrogen-bond acceptors (Lipinski definition) is 5. The first-order valence-electron chi connectivity index (χ1n) is 12.3. The highest BCUT2D eigenvalue weighted by molar-refractivity contribution is 5.76. The van der Waals surface area contributed by atoms with E-state index in [0.29, 0.717) is 32.7 Å². The van der Waals surface area contributed by atoms with Crippen molar-refractivity contribution in [2.45, 2.75) is 51.7 Å². The Morgan fingerprint density at radius 3 is 2.44 bits per heavy atom. The summed E-state index contributed by atoms with van der Waals surface area (Å²) < 4.78 is 16.2. The lowest BCUT2D eigenvalue weighted by atomic mass is 10.0. The summed E-state index contributed by atoms with van der Waals surface area (Å²) in [7, 11) is 3.17. The number of carbonyl (C=O) groups excluding carboxylic acids is 1. The van der Waals surface area contributed by atoms with E-state index >= 15 is 0 Å². The third-order valence-corrected chi connectivity index (χ3v) is 7.14. The number of ether oxygens (including phenoxy) is 3. The number of benzene rings is 1. The lowest BCUT2D eigenvalue weighted by Crippen LogP contribution is -2.39. The van der Waals surface area contributed by atoms with Gasteiger partial charge in [-0.1, -0.05) is 30.7 Å². The largest absolute Gasteiger partial charge is 0.381 e. The van der Waals surface area contributed by atoms with Gasteiger partial charge in [0.25, 0.3) is 0 Å². The molecule has 1 aliphatic heterocycles. The van der Waals surface area contributed by atoms with Gasteiger partial charge in [-0.3, -0.25) is 4.79 Å². The average molecular weight is 447 g/mol. The Labute approximate surface area is 194 Å². The molecule has 3 rings (SSSR count). The van der Waals surface area contributed by atoms with Gasteiger partial charge < -0.3 is 24.0 Å². The highest BCUT2D eigenvalue weighted by Gasteiger charge is 2.35. The van der Waals surface area contributed by atoms with Crippen LogP contribution in [0.15, 0.2) is 24.3 Å². The molecule has 1 saturated carbocycles. The van der Waals surface area contributed by atoms with Gasteiger partial charge in [0.2, 0.25) is 5.91 Å². The summed E-state index contributed by atoms with van der Waals surface area (Å²) in [6.07, 6.45) is 6.32. The summed E-state index contributed by atoms with van der Waals surface area (Å²) in [4.78, 5) is 16.8. The van der Waals surface area contributed by atoms with Crippen molar-refractivity contribution in [3.8, 4) is 0 Å². The number of methoxy groups -OCH3 is 2. The summed E-state index contributed by atoms with van der Waals surface area (Å²) in [5, 5.41) is 0. The fourth-order valence-electron chi connectivity index (χ4n) is 5.18. The topological polar surface area (TPSA) is 51.2 Å². The molecule has 6 nitrogen and oxygen atoms in total. The molecular weight excluding hydrogens is 404 g/mol. The van der Waals surface area contributed by atoms with E-state index in [9.17, 15) is 4.79 Å². The smallest absolute Gasteiger partial charge is 0.225 e. The maximum Gasteiger partial charge on any atom is 0.225 e. The number of nitrogens with zero attached hydrogens (tertiary/aromatic N) is 2. The molecule has 2 fully saturated rings. The normalized spacial score (nSPS) is 20.8. The minimum atomic E-state index is -0.391. The molecule has 0 bridgehead atoms. The molecule has 0 radical (unpaired) electrons. The van der Waals surface area contributed by atoms with Crippen LogP contribution in [0.5, 0.6) is 0 Å². The predicted molar refractivity (Wildman–Crippen MR) is 127 cm³/mol. The SMILES string of the molecule is CCN(CC(OC)OC)C(=O)CCOCCc1cccc(CCN2C[C@H]3CCC[C@H]3C2)c1. The van der Waals surface area contributed by atoms with Crippen LogP contribution in [0.1, 0.15) is 43.7 Å². The van der Waals surface area contributed by atoms with Crippen LogP contribution >= 0.6 is 0 Å². The van der Waals surface area contributed by atoms with Gasteiger partial charge in [0, 0.05) is 40.4 Å².